The fourth-order valence-corrected chi connectivity index (χ4v) is 3.65. The first-order valence-electron chi connectivity index (χ1n) is 9.30. The molecule has 7 nitrogen and oxygen atoms in total. The highest BCUT2D eigenvalue weighted by molar-refractivity contribution is 5.90. The molecule has 1 saturated carbocycles. The van der Waals surface area contributed by atoms with Crippen molar-refractivity contribution in [3.05, 3.63) is 35.5 Å². The summed E-state index contributed by atoms with van der Waals surface area (Å²) in [4.78, 5) is 12.5. The Hall–Kier alpha value is -2.25. The summed E-state index contributed by atoms with van der Waals surface area (Å²) < 4.78 is 12.4. The highest BCUT2D eigenvalue weighted by Gasteiger charge is 2.26. The van der Waals surface area contributed by atoms with Gasteiger partial charge in [-0.2, -0.15) is 5.10 Å². The summed E-state index contributed by atoms with van der Waals surface area (Å²) in [5, 5.41) is 7.44. The van der Waals surface area contributed by atoms with Crippen molar-refractivity contribution in [2.75, 3.05) is 19.5 Å². The van der Waals surface area contributed by atoms with Gasteiger partial charge in [0, 0.05) is 18.0 Å². The quantitative estimate of drug-likeness (QED) is 0.734. The summed E-state index contributed by atoms with van der Waals surface area (Å²) in [7, 11) is 3.22. The Balaban J connectivity index is 0.00000280. The average Bonchev–Trinajstić information content (AvgIpc) is 3.21. The van der Waals surface area contributed by atoms with Crippen LogP contribution in [0.5, 0.6) is 11.5 Å². The lowest BCUT2D eigenvalue weighted by Gasteiger charge is -2.16. The zero-order valence-electron chi connectivity index (χ0n) is 16.6. The van der Waals surface area contributed by atoms with Crippen LogP contribution in [0.3, 0.4) is 0 Å². The molecule has 28 heavy (non-hydrogen) atoms. The van der Waals surface area contributed by atoms with E-state index in [1.165, 1.54) is 0 Å². The molecule has 1 aromatic carbocycles. The molecule has 3 rings (SSSR count). The predicted molar refractivity (Wildman–Crippen MR) is 111 cm³/mol. The van der Waals surface area contributed by atoms with Gasteiger partial charge in [-0.15, -0.1) is 12.4 Å². The minimum Gasteiger partial charge on any atom is -0.493 e. The van der Waals surface area contributed by atoms with Crippen molar-refractivity contribution in [1.29, 1.82) is 0 Å². The number of carbonyl (C=O) groups excluding carboxylic acids is 1. The lowest BCUT2D eigenvalue weighted by molar-refractivity contribution is -0.117. The maximum Gasteiger partial charge on any atom is 0.225 e. The lowest BCUT2D eigenvalue weighted by atomic mass is 10.00. The Morgan fingerprint density at radius 1 is 1.29 bits per heavy atom. The number of amides is 1. The van der Waals surface area contributed by atoms with E-state index in [9.17, 15) is 4.79 Å². The SMILES string of the molecule is COc1ccc(Cn2ncc(C)c2NC(=O)C[C@@H]2CCC[C@H]2N)cc1OC.Cl. The van der Waals surface area contributed by atoms with E-state index in [2.05, 4.69) is 10.4 Å². The van der Waals surface area contributed by atoms with E-state index in [4.69, 9.17) is 15.2 Å². The van der Waals surface area contributed by atoms with Crippen molar-refractivity contribution in [2.24, 2.45) is 11.7 Å². The van der Waals surface area contributed by atoms with Crippen LogP contribution in [0, 0.1) is 12.8 Å². The minimum atomic E-state index is -0.00508. The fourth-order valence-electron chi connectivity index (χ4n) is 3.65. The molecule has 0 spiro atoms. The Labute approximate surface area is 172 Å². The third kappa shape index (κ3) is 4.97. The van der Waals surface area contributed by atoms with Crippen molar-refractivity contribution in [3.63, 3.8) is 0 Å². The number of hydrogen-bond acceptors (Lipinski definition) is 5. The lowest BCUT2D eigenvalue weighted by Crippen LogP contribution is -2.28. The molecule has 0 unspecified atom stereocenters. The molecule has 1 fully saturated rings. The molecule has 0 radical (unpaired) electrons. The second-order valence-electron chi connectivity index (χ2n) is 7.13. The number of rotatable bonds is 7. The van der Waals surface area contributed by atoms with Crippen molar-refractivity contribution >= 4 is 24.1 Å². The zero-order valence-corrected chi connectivity index (χ0v) is 17.4. The van der Waals surface area contributed by atoms with E-state index in [0.717, 1.165) is 36.2 Å². The maximum atomic E-state index is 12.5. The predicted octanol–water partition coefficient (Wildman–Crippen LogP) is 3.13. The van der Waals surface area contributed by atoms with Gasteiger partial charge in [0.1, 0.15) is 5.82 Å². The summed E-state index contributed by atoms with van der Waals surface area (Å²) in [5.41, 5.74) is 8.03. The van der Waals surface area contributed by atoms with Gasteiger partial charge >= 0.3 is 0 Å². The third-order valence-electron chi connectivity index (χ3n) is 5.23. The van der Waals surface area contributed by atoms with Crippen molar-refractivity contribution in [3.8, 4) is 11.5 Å². The molecular formula is C20H29ClN4O3. The second kappa shape index (κ2) is 9.80. The van der Waals surface area contributed by atoms with Gasteiger partial charge in [-0.05, 0) is 43.4 Å². The minimum absolute atomic E-state index is 0. The van der Waals surface area contributed by atoms with Gasteiger partial charge in [0.2, 0.25) is 5.91 Å². The maximum absolute atomic E-state index is 12.5. The Kier molecular flexibility index (Phi) is 7.71. The normalized spacial score (nSPS) is 18.4. The number of methoxy groups -OCH3 is 2. The van der Waals surface area contributed by atoms with Crippen molar-refractivity contribution in [1.82, 2.24) is 9.78 Å². The van der Waals surface area contributed by atoms with E-state index in [1.54, 1.807) is 25.1 Å². The molecule has 1 aliphatic carbocycles. The number of anilines is 1. The second-order valence-corrected chi connectivity index (χ2v) is 7.13. The van der Waals surface area contributed by atoms with E-state index >= 15 is 0 Å². The molecule has 3 N–H and O–H groups in total. The Bertz CT molecular complexity index is 809. The molecule has 2 aromatic rings. The van der Waals surface area contributed by atoms with Crippen LogP contribution in [0.25, 0.3) is 0 Å². The molecule has 1 heterocycles. The first-order valence-corrected chi connectivity index (χ1v) is 9.30. The molecule has 2 atom stereocenters. The van der Waals surface area contributed by atoms with E-state index in [0.29, 0.717) is 24.5 Å². The van der Waals surface area contributed by atoms with Crippen LogP contribution >= 0.6 is 12.4 Å². The van der Waals surface area contributed by atoms with Gasteiger partial charge in [-0.25, -0.2) is 4.68 Å². The number of nitrogens with one attached hydrogen (secondary N) is 1. The smallest absolute Gasteiger partial charge is 0.225 e. The van der Waals surface area contributed by atoms with E-state index in [-0.39, 0.29) is 30.3 Å². The Morgan fingerprint density at radius 2 is 2.04 bits per heavy atom. The summed E-state index contributed by atoms with van der Waals surface area (Å²) >= 11 is 0. The number of ether oxygens (including phenoxy) is 2. The zero-order chi connectivity index (χ0) is 19.4. The monoisotopic (exact) mass is 408 g/mol. The first-order chi connectivity index (χ1) is 13.0. The number of benzene rings is 1. The molecule has 1 amide bonds. The molecule has 1 aliphatic rings. The van der Waals surface area contributed by atoms with Gasteiger partial charge in [-0.3, -0.25) is 4.79 Å². The number of nitrogens with zero attached hydrogens (tertiary/aromatic N) is 2. The van der Waals surface area contributed by atoms with E-state index < -0.39 is 0 Å². The number of aryl methyl sites for hydroxylation is 1. The van der Waals surface area contributed by atoms with E-state index in [1.807, 2.05) is 25.1 Å². The van der Waals surface area contributed by atoms with Crippen LogP contribution < -0.4 is 20.5 Å². The van der Waals surface area contributed by atoms with Crippen LogP contribution in [0.1, 0.15) is 36.8 Å². The van der Waals surface area contributed by atoms with Crippen molar-refractivity contribution < 1.29 is 14.3 Å². The number of nitrogens with two attached hydrogens (primary N) is 1. The standard InChI is InChI=1S/C20H28N4O3.ClH/c1-13-11-22-24(12-14-7-8-17(26-2)18(9-14)27-3)20(13)23-19(25)10-15-5-4-6-16(15)21;/h7-9,11,15-16H,4-6,10,12,21H2,1-3H3,(H,23,25);1H/t15-,16+;/m0./s1. The van der Waals surface area contributed by atoms with Crippen LogP contribution in [-0.2, 0) is 11.3 Å². The topological polar surface area (TPSA) is 91.4 Å². The highest BCUT2D eigenvalue weighted by atomic mass is 35.5. The molecule has 1 aromatic heterocycles. The summed E-state index contributed by atoms with van der Waals surface area (Å²) in [6, 6.07) is 5.87. The van der Waals surface area contributed by atoms with Gasteiger partial charge in [0.25, 0.3) is 0 Å². The van der Waals surface area contributed by atoms with Gasteiger partial charge in [0.05, 0.1) is 27.0 Å². The molecule has 154 valence electrons. The average molecular weight is 409 g/mol. The van der Waals surface area contributed by atoms with Gasteiger partial charge < -0.3 is 20.5 Å². The van der Waals surface area contributed by atoms with Crippen LogP contribution in [0.15, 0.2) is 24.4 Å². The van der Waals surface area contributed by atoms with Crippen molar-refractivity contribution in [2.45, 2.75) is 45.2 Å². The van der Waals surface area contributed by atoms with Crippen LogP contribution in [0.4, 0.5) is 5.82 Å². The number of carbonyl (C=O) groups is 1. The molecular weight excluding hydrogens is 380 g/mol. The van der Waals surface area contributed by atoms with Crippen LogP contribution in [0.2, 0.25) is 0 Å². The highest BCUT2D eigenvalue weighted by Crippen LogP contribution is 2.29. The van der Waals surface area contributed by atoms with Gasteiger partial charge in [0.15, 0.2) is 11.5 Å². The summed E-state index contributed by atoms with van der Waals surface area (Å²) in [6.07, 6.45) is 5.36. The van der Waals surface area contributed by atoms with Crippen LogP contribution in [-0.4, -0.2) is 35.9 Å². The number of aromatic nitrogens is 2. The largest absolute Gasteiger partial charge is 0.493 e. The summed E-state index contributed by atoms with van der Waals surface area (Å²) in [6.45, 7) is 2.46. The first kappa shape index (κ1) is 22.0. The van der Waals surface area contributed by atoms with Gasteiger partial charge in [-0.1, -0.05) is 12.5 Å². The number of halogens is 1. The fraction of sp³-hybridized carbons (Fsp3) is 0.500. The molecule has 8 heteroatoms. The molecule has 0 bridgehead atoms. The molecule has 0 saturated heterocycles. The Morgan fingerprint density at radius 3 is 2.68 bits per heavy atom. The number of hydrogen-bond donors (Lipinski definition) is 2. The summed E-state index contributed by atoms with van der Waals surface area (Å²) in [5.74, 6) is 2.34. The molecule has 0 aliphatic heterocycles. The third-order valence-corrected chi connectivity index (χ3v) is 5.23.